The molecule has 0 amide bonds. The fourth-order valence-electron chi connectivity index (χ4n) is 11.8. The van der Waals surface area contributed by atoms with Gasteiger partial charge in [0.25, 0.3) is 0 Å². The van der Waals surface area contributed by atoms with Gasteiger partial charge in [-0.1, -0.05) is 158 Å². The summed E-state index contributed by atoms with van der Waals surface area (Å²) in [6, 6.07) is 93.9. The molecule has 0 aliphatic carbocycles. The third-order valence-electron chi connectivity index (χ3n) is 14.8. The van der Waals surface area contributed by atoms with E-state index in [1.165, 1.54) is 86.7 Å². The molecular formula is C66H42N4. The Morgan fingerprint density at radius 1 is 0.143 bits per heavy atom. The first-order chi connectivity index (χ1) is 34.8. The van der Waals surface area contributed by atoms with Crippen molar-refractivity contribution >= 4 is 109 Å². The van der Waals surface area contributed by atoms with E-state index < -0.39 is 0 Å². The van der Waals surface area contributed by atoms with Crippen LogP contribution in [0.2, 0.25) is 0 Å². The van der Waals surface area contributed by atoms with Gasteiger partial charge in [-0.15, -0.1) is 0 Å². The van der Waals surface area contributed by atoms with Crippen LogP contribution in [0, 0.1) is 0 Å². The minimum absolute atomic E-state index is 1.11. The van der Waals surface area contributed by atoms with Crippen molar-refractivity contribution in [1.82, 2.24) is 18.3 Å². The summed E-state index contributed by atoms with van der Waals surface area (Å²) in [6.45, 7) is 0. The molecule has 0 aliphatic rings. The van der Waals surface area contributed by atoms with Crippen molar-refractivity contribution in [2.45, 2.75) is 0 Å². The predicted molar refractivity (Wildman–Crippen MR) is 296 cm³/mol. The van der Waals surface area contributed by atoms with Crippen LogP contribution in [0.25, 0.3) is 132 Å². The van der Waals surface area contributed by atoms with E-state index in [2.05, 4.69) is 273 Å². The number of hydrogen-bond donors (Lipinski definition) is 0. The molecule has 12 aromatic carbocycles. The van der Waals surface area contributed by atoms with E-state index in [1.54, 1.807) is 0 Å². The van der Waals surface area contributed by atoms with Crippen LogP contribution in [0.3, 0.4) is 0 Å². The SMILES string of the molecule is c1ccc(-n2c3ccccc3n(-c3ccccc3)c3cc4c5ccc(-n6c7ccccc7c7cc(-n8c9ccccc9c9ccccc98)ccc76)cc5c5ccccc5c5ccccc5c4cc32)cc1. The van der Waals surface area contributed by atoms with E-state index in [1.807, 2.05) is 0 Å². The smallest absolute Gasteiger partial charge is 0.0709 e. The standard InChI is InChI=1S/C66H42N4/c1-3-19-43(20-4-1)67-63-33-17-18-34-64(63)68(44-21-5-2-6-22-44)66-42-57-51-37-35-45(39-55(51)49-25-9-7-23-47(49)48-24-8-10-26-50(48)56(57)41-65(66)67)70-61-32-16-13-29-54(61)58-40-46(36-38-62(58)70)69-59-30-14-11-27-52(59)53-28-12-15-31-60(53)69/h1-42H. The van der Waals surface area contributed by atoms with Crippen LogP contribution in [-0.4, -0.2) is 18.3 Å². The van der Waals surface area contributed by atoms with E-state index in [9.17, 15) is 0 Å². The molecule has 0 radical (unpaired) electrons. The molecular weight excluding hydrogens is 849 g/mol. The van der Waals surface area contributed by atoms with E-state index in [0.717, 1.165) is 44.8 Å². The van der Waals surface area contributed by atoms with Crippen molar-refractivity contribution in [1.29, 1.82) is 0 Å². The van der Waals surface area contributed by atoms with Crippen LogP contribution in [-0.2, 0) is 0 Å². The topological polar surface area (TPSA) is 19.7 Å². The van der Waals surface area contributed by atoms with Crippen molar-refractivity contribution < 1.29 is 0 Å². The fourth-order valence-corrected chi connectivity index (χ4v) is 11.8. The van der Waals surface area contributed by atoms with E-state index in [4.69, 9.17) is 0 Å². The highest BCUT2D eigenvalue weighted by Gasteiger charge is 2.20. The Morgan fingerprint density at radius 3 is 0.886 bits per heavy atom. The number of para-hydroxylation sites is 7. The number of aromatic nitrogens is 4. The van der Waals surface area contributed by atoms with Gasteiger partial charge in [0.1, 0.15) is 0 Å². The minimum Gasteiger partial charge on any atom is -0.309 e. The van der Waals surface area contributed by atoms with Crippen LogP contribution in [0.1, 0.15) is 0 Å². The summed E-state index contributed by atoms with van der Waals surface area (Å²) >= 11 is 0. The number of hydrogen-bond acceptors (Lipinski definition) is 0. The first kappa shape index (κ1) is 38.7. The molecule has 0 saturated heterocycles. The van der Waals surface area contributed by atoms with Gasteiger partial charge in [0.2, 0.25) is 0 Å². The summed E-state index contributed by atoms with van der Waals surface area (Å²) in [5.41, 5.74) is 13.8. The van der Waals surface area contributed by atoms with Gasteiger partial charge in [0.15, 0.2) is 0 Å². The lowest BCUT2D eigenvalue weighted by atomic mass is 9.93. The molecule has 70 heavy (non-hydrogen) atoms. The number of rotatable bonds is 4. The highest BCUT2D eigenvalue weighted by molar-refractivity contribution is 6.27. The van der Waals surface area contributed by atoms with Crippen LogP contribution in [0.15, 0.2) is 255 Å². The zero-order chi connectivity index (χ0) is 45.9. The molecule has 0 aliphatic heterocycles. The molecule has 0 unspecified atom stereocenters. The van der Waals surface area contributed by atoms with Crippen molar-refractivity contribution in [2.24, 2.45) is 0 Å². The number of benzene rings is 11. The average molecular weight is 891 g/mol. The highest BCUT2D eigenvalue weighted by Crippen LogP contribution is 2.42. The molecule has 0 bridgehead atoms. The normalized spacial score (nSPS) is 12.0. The molecule has 3 heterocycles. The molecule has 3 aromatic heterocycles. The van der Waals surface area contributed by atoms with Gasteiger partial charge in [-0.25, -0.2) is 0 Å². The lowest BCUT2D eigenvalue weighted by Crippen LogP contribution is -2.08. The van der Waals surface area contributed by atoms with E-state index >= 15 is 0 Å². The van der Waals surface area contributed by atoms with Crippen molar-refractivity contribution in [3.63, 3.8) is 0 Å². The molecule has 0 fully saturated rings. The van der Waals surface area contributed by atoms with Gasteiger partial charge < -0.3 is 18.3 Å². The first-order valence-corrected chi connectivity index (χ1v) is 24.1. The number of fused-ring (bicyclic) bond motifs is 16. The van der Waals surface area contributed by atoms with E-state index in [-0.39, 0.29) is 0 Å². The summed E-state index contributed by atoms with van der Waals surface area (Å²) < 4.78 is 9.78. The lowest BCUT2D eigenvalue weighted by Gasteiger charge is -2.23. The Kier molecular flexibility index (Phi) is 8.33. The molecule has 0 N–H and O–H groups in total. The van der Waals surface area contributed by atoms with Crippen LogP contribution < -0.4 is 0 Å². The molecule has 326 valence electrons. The van der Waals surface area contributed by atoms with Gasteiger partial charge in [-0.05, 0) is 140 Å². The largest absolute Gasteiger partial charge is 0.309 e. The first-order valence-electron chi connectivity index (χ1n) is 24.1. The molecule has 15 aromatic rings. The quantitative estimate of drug-likeness (QED) is 0.157. The average Bonchev–Trinajstić information content (AvgIpc) is 3.94. The third-order valence-corrected chi connectivity index (χ3v) is 14.8. The van der Waals surface area contributed by atoms with Crippen LogP contribution in [0.5, 0.6) is 0 Å². The Morgan fingerprint density at radius 2 is 0.429 bits per heavy atom. The van der Waals surface area contributed by atoms with Crippen LogP contribution >= 0.6 is 0 Å². The second-order valence-electron chi connectivity index (χ2n) is 18.5. The Balaban J connectivity index is 1.07. The molecule has 4 nitrogen and oxygen atoms in total. The summed E-state index contributed by atoms with van der Waals surface area (Å²) in [7, 11) is 0. The summed E-state index contributed by atoms with van der Waals surface area (Å²) in [6.07, 6.45) is 0. The van der Waals surface area contributed by atoms with Crippen molar-refractivity contribution in [3.05, 3.63) is 255 Å². The van der Waals surface area contributed by atoms with Crippen molar-refractivity contribution in [2.75, 3.05) is 0 Å². The lowest BCUT2D eigenvalue weighted by molar-refractivity contribution is 1.09. The zero-order valence-corrected chi connectivity index (χ0v) is 38.0. The van der Waals surface area contributed by atoms with Gasteiger partial charge in [-0.3, -0.25) is 0 Å². The van der Waals surface area contributed by atoms with Gasteiger partial charge in [-0.2, -0.15) is 0 Å². The summed E-state index contributed by atoms with van der Waals surface area (Å²) in [5, 5.41) is 14.6. The number of nitrogens with zero attached hydrogens (tertiary/aromatic N) is 4. The zero-order valence-electron chi connectivity index (χ0n) is 38.0. The van der Waals surface area contributed by atoms with Gasteiger partial charge in [0, 0.05) is 44.3 Å². The molecule has 0 atom stereocenters. The maximum absolute atomic E-state index is 2.47. The predicted octanol–water partition coefficient (Wildman–Crippen LogP) is 17.5. The van der Waals surface area contributed by atoms with Crippen LogP contribution in [0.4, 0.5) is 0 Å². The Labute approximate surface area is 402 Å². The van der Waals surface area contributed by atoms with Gasteiger partial charge in [0.05, 0.1) is 44.1 Å². The molecule has 0 saturated carbocycles. The molecule has 4 heteroatoms. The Bertz CT molecular complexity index is 4650. The fraction of sp³-hybridized carbons (Fsp3) is 0. The maximum Gasteiger partial charge on any atom is 0.0709 e. The van der Waals surface area contributed by atoms with Gasteiger partial charge >= 0.3 is 0 Å². The monoisotopic (exact) mass is 890 g/mol. The molecule has 0 spiro atoms. The van der Waals surface area contributed by atoms with E-state index in [0.29, 0.717) is 0 Å². The minimum atomic E-state index is 1.11. The summed E-state index contributed by atoms with van der Waals surface area (Å²) in [5.74, 6) is 0. The third kappa shape index (κ3) is 5.59. The Hall–Kier alpha value is -9.38. The molecule has 15 rings (SSSR count). The summed E-state index contributed by atoms with van der Waals surface area (Å²) in [4.78, 5) is 0. The van der Waals surface area contributed by atoms with Crippen molar-refractivity contribution in [3.8, 4) is 22.7 Å². The second kappa shape index (κ2) is 15.1. The second-order valence-corrected chi connectivity index (χ2v) is 18.5. The maximum atomic E-state index is 2.47. The highest BCUT2D eigenvalue weighted by atomic mass is 15.1.